The Morgan fingerprint density at radius 1 is 1.18 bits per heavy atom. The summed E-state index contributed by atoms with van der Waals surface area (Å²) in [6.07, 6.45) is 0. The van der Waals surface area contributed by atoms with Crippen molar-refractivity contribution in [3.8, 4) is 0 Å². The Labute approximate surface area is 166 Å². The molecule has 0 saturated heterocycles. The van der Waals surface area contributed by atoms with Gasteiger partial charge in [0.05, 0.1) is 10.9 Å². The number of hydrogen-bond acceptors (Lipinski definition) is 3. The minimum absolute atomic E-state index is 0.131. The van der Waals surface area contributed by atoms with Crippen LogP contribution in [-0.2, 0) is 16.6 Å². The van der Waals surface area contributed by atoms with E-state index in [0.29, 0.717) is 18.1 Å². The molecule has 1 unspecified atom stereocenters. The van der Waals surface area contributed by atoms with Crippen LogP contribution in [0.25, 0.3) is 0 Å². The fourth-order valence-corrected chi connectivity index (χ4v) is 3.44. The SMILES string of the molecule is CN=C(NCc1ccc(S(=O)(=O)N(C)C)cc1)NC(C)c1ccc(C)c(F)c1. The van der Waals surface area contributed by atoms with Gasteiger partial charge in [0.15, 0.2) is 5.96 Å². The molecule has 8 heteroatoms. The maximum Gasteiger partial charge on any atom is 0.242 e. The first-order valence-electron chi connectivity index (χ1n) is 8.90. The van der Waals surface area contributed by atoms with Crippen molar-refractivity contribution in [2.75, 3.05) is 21.1 Å². The molecule has 2 aromatic carbocycles. The van der Waals surface area contributed by atoms with Crippen LogP contribution in [0.15, 0.2) is 52.4 Å². The van der Waals surface area contributed by atoms with Crippen LogP contribution in [0.2, 0.25) is 0 Å². The number of halogens is 1. The minimum atomic E-state index is -3.44. The Balaban J connectivity index is 1.99. The number of aryl methyl sites for hydroxylation is 1. The van der Waals surface area contributed by atoms with Gasteiger partial charge in [-0.3, -0.25) is 4.99 Å². The molecule has 0 spiro atoms. The van der Waals surface area contributed by atoms with Crippen LogP contribution >= 0.6 is 0 Å². The normalized spacial score (nSPS) is 13.5. The van der Waals surface area contributed by atoms with Gasteiger partial charge in [0.2, 0.25) is 10.0 Å². The molecule has 0 aliphatic rings. The van der Waals surface area contributed by atoms with E-state index in [2.05, 4.69) is 15.6 Å². The van der Waals surface area contributed by atoms with E-state index in [0.717, 1.165) is 11.1 Å². The van der Waals surface area contributed by atoms with Gasteiger partial charge in [-0.2, -0.15) is 0 Å². The van der Waals surface area contributed by atoms with E-state index in [4.69, 9.17) is 0 Å². The van der Waals surface area contributed by atoms with Crippen LogP contribution in [-0.4, -0.2) is 39.8 Å². The maximum atomic E-state index is 13.8. The molecule has 0 amide bonds. The first-order valence-corrected chi connectivity index (χ1v) is 10.3. The predicted octanol–water partition coefficient (Wildman–Crippen LogP) is 2.81. The van der Waals surface area contributed by atoms with E-state index < -0.39 is 10.0 Å². The Kier molecular flexibility index (Phi) is 7.15. The zero-order chi connectivity index (χ0) is 20.9. The number of hydrogen-bond donors (Lipinski definition) is 2. The molecule has 2 rings (SSSR count). The maximum absolute atomic E-state index is 13.8. The topological polar surface area (TPSA) is 73.8 Å². The third-order valence-corrected chi connectivity index (χ3v) is 6.26. The zero-order valence-electron chi connectivity index (χ0n) is 16.8. The Hall–Kier alpha value is -2.45. The predicted molar refractivity (Wildman–Crippen MR) is 110 cm³/mol. The average molecular weight is 407 g/mol. The van der Waals surface area contributed by atoms with Crippen LogP contribution in [0.5, 0.6) is 0 Å². The number of aliphatic imine (C=N–C) groups is 1. The van der Waals surface area contributed by atoms with Crippen LogP contribution in [0.4, 0.5) is 4.39 Å². The Morgan fingerprint density at radius 3 is 2.36 bits per heavy atom. The molecule has 6 nitrogen and oxygen atoms in total. The van der Waals surface area contributed by atoms with Gasteiger partial charge in [0.25, 0.3) is 0 Å². The smallest absolute Gasteiger partial charge is 0.242 e. The molecule has 0 radical (unpaired) electrons. The summed E-state index contributed by atoms with van der Waals surface area (Å²) < 4.78 is 39.2. The summed E-state index contributed by atoms with van der Waals surface area (Å²) in [6, 6.07) is 11.7. The van der Waals surface area contributed by atoms with Crippen LogP contribution in [0.1, 0.15) is 29.7 Å². The average Bonchev–Trinajstić information content (AvgIpc) is 2.67. The highest BCUT2D eigenvalue weighted by Crippen LogP contribution is 2.16. The molecule has 2 aromatic rings. The van der Waals surface area contributed by atoms with E-state index in [-0.39, 0.29) is 16.8 Å². The van der Waals surface area contributed by atoms with Gasteiger partial charge >= 0.3 is 0 Å². The van der Waals surface area contributed by atoms with Gasteiger partial charge in [0, 0.05) is 27.7 Å². The lowest BCUT2D eigenvalue weighted by molar-refractivity contribution is 0.520. The molecule has 0 aliphatic carbocycles. The van der Waals surface area contributed by atoms with Gasteiger partial charge in [-0.1, -0.05) is 24.3 Å². The molecular weight excluding hydrogens is 379 g/mol. The van der Waals surface area contributed by atoms with Crippen LogP contribution in [0.3, 0.4) is 0 Å². The number of guanidine groups is 1. The molecular formula is C20H27FN4O2S. The van der Waals surface area contributed by atoms with E-state index in [9.17, 15) is 12.8 Å². The van der Waals surface area contributed by atoms with Crippen molar-refractivity contribution in [1.29, 1.82) is 0 Å². The van der Waals surface area contributed by atoms with Gasteiger partial charge in [-0.25, -0.2) is 17.1 Å². The molecule has 28 heavy (non-hydrogen) atoms. The summed E-state index contributed by atoms with van der Waals surface area (Å²) in [4.78, 5) is 4.44. The second kappa shape index (κ2) is 9.16. The Morgan fingerprint density at radius 2 is 1.82 bits per heavy atom. The number of benzene rings is 2. The van der Waals surface area contributed by atoms with Gasteiger partial charge < -0.3 is 10.6 Å². The summed E-state index contributed by atoms with van der Waals surface area (Å²) >= 11 is 0. The lowest BCUT2D eigenvalue weighted by atomic mass is 10.1. The van der Waals surface area contributed by atoms with Crippen molar-refractivity contribution >= 4 is 16.0 Å². The van der Waals surface area contributed by atoms with Crippen molar-refractivity contribution in [1.82, 2.24) is 14.9 Å². The summed E-state index contributed by atoms with van der Waals surface area (Å²) in [5.74, 6) is 0.334. The largest absolute Gasteiger partial charge is 0.352 e. The molecule has 0 heterocycles. The lowest BCUT2D eigenvalue weighted by Gasteiger charge is -2.19. The highest BCUT2D eigenvalue weighted by Gasteiger charge is 2.16. The highest BCUT2D eigenvalue weighted by atomic mass is 32.2. The van der Waals surface area contributed by atoms with Gasteiger partial charge in [0.1, 0.15) is 5.82 Å². The van der Waals surface area contributed by atoms with Crippen molar-refractivity contribution in [2.45, 2.75) is 31.3 Å². The molecule has 152 valence electrons. The molecule has 0 bridgehead atoms. The van der Waals surface area contributed by atoms with E-state index in [1.54, 1.807) is 44.3 Å². The molecule has 0 fully saturated rings. The number of nitrogens with one attached hydrogen (secondary N) is 2. The van der Waals surface area contributed by atoms with Gasteiger partial charge in [-0.05, 0) is 48.7 Å². The van der Waals surface area contributed by atoms with Gasteiger partial charge in [-0.15, -0.1) is 0 Å². The third kappa shape index (κ3) is 5.30. The number of sulfonamides is 1. The number of rotatable bonds is 6. The first kappa shape index (κ1) is 21.8. The van der Waals surface area contributed by atoms with E-state index in [1.165, 1.54) is 24.5 Å². The van der Waals surface area contributed by atoms with Crippen LogP contribution < -0.4 is 10.6 Å². The second-order valence-electron chi connectivity index (χ2n) is 6.73. The van der Waals surface area contributed by atoms with E-state index >= 15 is 0 Å². The molecule has 0 saturated carbocycles. The molecule has 1 atom stereocenters. The lowest BCUT2D eigenvalue weighted by Crippen LogP contribution is -2.38. The standard InChI is InChI=1S/C20H27FN4O2S/c1-14-6-9-17(12-19(14)21)15(2)24-20(22-3)23-13-16-7-10-18(11-8-16)28(26,27)25(4)5/h6-12,15H,13H2,1-5H3,(H2,22,23,24). The fraction of sp³-hybridized carbons (Fsp3) is 0.350. The number of nitrogens with zero attached hydrogens (tertiary/aromatic N) is 2. The van der Waals surface area contributed by atoms with Crippen molar-refractivity contribution in [3.05, 3.63) is 65.0 Å². The van der Waals surface area contributed by atoms with Crippen molar-refractivity contribution in [2.24, 2.45) is 4.99 Å². The zero-order valence-corrected chi connectivity index (χ0v) is 17.6. The minimum Gasteiger partial charge on any atom is -0.352 e. The van der Waals surface area contributed by atoms with Crippen molar-refractivity contribution < 1.29 is 12.8 Å². The van der Waals surface area contributed by atoms with E-state index in [1.807, 2.05) is 13.0 Å². The molecule has 2 N–H and O–H groups in total. The van der Waals surface area contributed by atoms with Crippen molar-refractivity contribution in [3.63, 3.8) is 0 Å². The third-order valence-electron chi connectivity index (χ3n) is 4.43. The molecule has 0 aliphatic heterocycles. The second-order valence-corrected chi connectivity index (χ2v) is 8.88. The fourth-order valence-electron chi connectivity index (χ4n) is 2.54. The van der Waals surface area contributed by atoms with Crippen LogP contribution in [0, 0.1) is 12.7 Å². The first-order chi connectivity index (χ1) is 13.1. The monoisotopic (exact) mass is 406 g/mol. The summed E-state index contributed by atoms with van der Waals surface area (Å²) in [7, 11) is 1.22. The Bertz CT molecular complexity index is 941. The quantitative estimate of drug-likeness (QED) is 0.572. The summed E-state index contributed by atoms with van der Waals surface area (Å²) in [5.41, 5.74) is 2.34. The molecule has 0 aromatic heterocycles. The highest BCUT2D eigenvalue weighted by molar-refractivity contribution is 7.89. The summed E-state index contributed by atoms with van der Waals surface area (Å²) in [5, 5.41) is 6.40. The summed E-state index contributed by atoms with van der Waals surface area (Å²) in [6.45, 7) is 4.13.